The summed E-state index contributed by atoms with van der Waals surface area (Å²) < 4.78 is 0. The lowest BCUT2D eigenvalue weighted by Crippen LogP contribution is -2.12. The summed E-state index contributed by atoms with van der Waals surface area (Å²) >= 11 is 12.2. The molecule has 20 heavy (non-hydrogen) atoms. The number of nitriles is 1. The minimum absolute atomic E-state index is 0.330. The smallest absolute Gasteiger partial charge is 0.255 e. The van der Waals surface area contributed by atoms with Crippen LogP contribution in [-0.2, 0) is 0 Å². The van der Waals surface area contributed by atoms with Crippen LogP contribution in [0.5, 0.6) is 0 Å². The van der Waals surface area contributed by atoms with Crippen LogP contribution in [0, 0.1) is 18.3 Å². The first-order valence-corrected chi connectivity index (χ1v) is 6.54. The predicted octanol–water partition coefficient (Wildman–Crippen LogP) is 4.43. The zero-order valence-corrected chi connectivity index (χ0v) is 12.1. The van der Waals surface area contributed by atoms with Gasteiger partial charge in [0.15, 0.2) is 0 Å². The van der Waals surface area contributed by atoms with E-state index in [9.17, 15) is 4.79 Å². The molecule has 2 aromatic carbocycles. The Bertz CT molecular complexity index is 703. The number of carbonyl (C=O) groups excluding carboxylic acids is 1. The van der Waals surface area contributed by atoms with Crippen LogP contribution in [-0.4, -0.2) is 5.91 Å². The Morgan fingerprint density at radius 2 is 1.80 bits per heavy atom. The average molecular weight is 305 g/mol. The van der Waals surface area contributed by atoms with Crippen molar-refractivity contribution < 1.29 is 4.79 Å². The largest absolute Gasteiger partial charge is 0.319 e. The molecule has 0 aliphatic carbocycles. The molecule has 0 aliphatic rings. The number of anilines is 1. The van der Waals surface area contributed by atoms with Crippen molar-refractivity contribution in [3.05, 3.63) is 63.1 Å². The first-order chi connectivity index (χ1) is 9.52. The number of halogens is 2. The van der Waals surface area contributed by atoms with E-state index in [2.05, 4.69) is 5.32 Å². The lowest BCUT2D eigenvalue weighted by Gasteiger charge is -2.11. The van der Waals surface area contributed by atoms with Crippen LogP contribution in [0.3, 0.4) is 0 Å². The molecule has 100 valence electrons. The second-order valence-electron chi connectivity index (χ2n) is 4.20. The van der Waals surface area contributed by atoms with Gasteiger partial charge in [0.05, 0.1) is 27.4 Å². The van der Waals surface area contributed by atoms with E-state index < -0.39 is 0 Å². The number of hydrogen-bond acceptors (Lipinski definition) is 2. The highest BCUT2D eigenvalue weighted by molar-refractivity contribution is 6.40. The van der Waals surface area contributed by atoms with Gasteiger partial charge in [-0.25, -0.2) is 0 Å². The summed E-state index contributed by atoms with van der Waals surface area (Å²) in [5, 5.41) is 12.2. The summed E-state index contributed by atoms with van der Waals surface area (Å²) in [5.74, 6) is -0.330. The van der Waals surface area contributed by atoms with E-state index in [-0.39, 0.29) is 5.91 Å². The van der Waals surface area contributed by atoms with E-state index in [1.165, 1.54) is 0 Å². The molecule has 0 bridgehead atoms. The fourth-order valence-electron chi connectivity index (χ4n) is 1.65. The second-order valence-corrected chi connectivity index (χ2v) is 4.98. The second kappa shape index (κ2) is 5.96. The van der Waals surface area contributed by atoms with Gasteiger partial charge in [0.25, 0.3) is 5.91 Å². The molecule has 1 N–H and O–H groups in total. The normalized spacial score (nSPS) is 9.90. The molecule has 3 nitrogen and oxygen atoms in total. The van der Waals surface area contributed by atoms with Crippen molar-refractivity contribution in [2.75, 3.05) is 5.32 Å². The summed E-state index contributed by atoms with van der Waals surface area (Å²) in [4.78, 5) is 12.1. The van der Waals surface area contributed by atoms with Gasteiger partial charge in [0.2, 0.25) is 0 Å². The maximum absolute atomic E-state index is 12.1. The number of rotatable bonds is 2. The van der Waals surface area contributed by atoms with Gasteiger partial charge >= 0.3 is 0 Å². The Kier molecular flexibility index (Phi) is 4.29. The van der Waals surface area contributed by atoms with Gasteiger partial charge in [-0.1, -0.05) is 29.3 Å². The SMILES string of the molecule is Cc1ccc(Cl)c(NC(=O)c2ccc(C#N)cc2)c1Cl. The maximum atomic E-state index is 12.1. The quantitative estimate of drug-likeness (QED) is 0.892. The van der Waals surface area contributed by atoms with Gasteiger partial charge < -0.3 is 5.32 Å². The maximum Gasteiger partial charge on any atom is 0.255 e. The predicted molar refractivity (Wildman–Crippen MR) is 80.3 cm³/mol. The van der Waals surface area contributed by atoms with Crippen LogP contribution in [0.25, 0.3) is 0 Å². The zero-order chi connectivity index (χ0) is 14.7. The van der Waals surface area contributed by atoms with Crippen LogP contribution >= 0.6 is 23.2 Å². The Balaban J connectivity index is 2.28. The number of benzene rings is 2. The summed E-state index contributed by atoms with van der Waals surface area (Å²) in [6.45, 7) is 1.83. The minimum Gasteiger partial charge on any atom is -0.319 e. The topological polar surface area (TPSA) is 52.9 Å². The van der Waals surface area contributed by atoms with Crippen molar-refractivity contribution in [1.82, 2.24) is 0 Å². The van der Waals surface area contributed by atoms with Crippen LogP contribution in [0.15, 0.2) is 36.4 Å². The standard InChI is InChI=1S/C15H10Cl2N2O/c1-9-2-7-12(16)14(13(9)17)19-15(20)11-5-3-10(8-18)4-6-11/h2-7H,1H3,(H,19,20). The van der Waals surface area contributed by atoms with E-state index in [0.717, 1.165) is 5.56 Å². The molecule has 2 rings (SSSR count). The Morgan fingerprint density at radius 1 is 1.15 bits per heavy atom. The van der Waals surface area contributed by atoms with Crippen LogP contribution in [0.4, 0.5) is 5.69 Å². The highest BCUT2D eigenvalue weighted by atomic mass is 35.5. The van der Waals surface area contributed by atoms with Crippen molar-refractivity contribution in [1.29, 1.82) is 5.26 Å². The third-order valence-electron chi connectivity index (χ3n) is 2.80. The molecule has 0 atom stereocenters. The summed E-state index contributed by atoms with van der Waals surface area (Å²) in [6, 6.07) is 11.8. The minimum atomic E-state index is -0.330. The van der Waals surface area contributed by atoms with Crippen molar-refractivity contribution in [2.45, 2.75) is 6.92 Å². The van der Waals surface area contributed by atoms with E-state index in [4.69, 9.17) is 28.5 Å². The number of nitrogens with one attached hydrogen (secondary N) is 1. The number of amides is 1. The van der Waals surface area contributed by atoms with Gasteiger partial charge in [-0.05, 0) is 42.8 Å². The van der Waals surface area contributed by atoms with Gasteiger partial charge in [-0.15, -0.1) is 0 Å². The van der Waals surface area contributed by atoms with Crippen LogP contribution in [0.2, 0.25) is 10.0 Å². The molecule has 0 aliphatic heterocycles. The van der Waals surface area contributed by atoms with Gasteiger partial charge in [-0.2, -0.15) is 5.26 Å². The molecule has 0 aromatic heterocycles. The van der Waals surface area contributed by atoms with E-state index in [0.29, 0.717) is 26.9 Å². The number of aryl methyl sites for hydroxylation is 1. The molecule has 5 heteroatoms. The van der Waals surface area contributed by atoms with E-state index in [1.54, 1.807) is 36.4 Å². The highest BCUT2D eigenvalue weighted by Gasteiger charge is 2.13. The molecule has 0 unspecified atom stereocenters. The molecular formula is C15H10Cl2N2O. The van der Waals surface area contributed by atoms with Crippen molar-refractivity contribution in [3.63, 3.8) is 0 Å². The highest BCUT2D eigenvalue weighted by Crippen LogP contribution is 2.33. The molecule has 0 radical (unpaired) electrons. The van der Waals surface area contributed by atoms with Crippen molar-refractivity contribution in [2.24, 2.45) is 0 Å². The van der Waals surface area contributed by atoms with E-state index >= 15 is 0 Å². The van der Waals surface area contributed by atoms with Crippen molar-refractivity contribution >= 4 is 34.8 Å². The molecule has 0 saturated carbocycles. The summed E-state index contributed by atoms with van der Waals surface area (Å²) in [6.07, 6.45) is 0. The van der Waals surface area contributed by atoms with E-state index in [1.807, 2.05) is 13.0 Å². The third kappa shape index (κ3) is 2.93. The number of nitrogens with zero attached hydrogens (tertiary/aromatic N) is 1. The third-order valence-corrected chi connectivity index (χ3v) is 3.60. The summed E-state index contributed by atoms with van der Waals surface area (Å²) in [7, 11) is 0. The first kappa shape index (κ1) is 14.4. The molecule has 0 spiro atoms. The molecule has 0 fully saturated rings. The van der Waals surface area contributed by atoms with Crippen LogP contribution < -0.4 is 5.32 Å². The number of hydrogen-bond donors (Lipinski definition) is 1. The molecule has 2 aromatic rings. The molecule has 0 heterocycles. The van der Waals surface area contributed by atoms with Gasteiger partial charge in [-0.3, -0.25) is 4.79 Å². The van der Waals surface area contributed by atoms with Gasteiger partial charge in [0.1, 0.15) is 0 Å². The molecule has 0 saturated heterocycles. The summed E-state index contributed by atoms with van der Waals surface area (Å²) in [5.41, 5.74) is 2.14. The molecule has 1 amide bonds. The lowest BCUT2D eigenvalue weighted by molar-refractivity contribution is 0.102. The van der Waals surface area contributed by atoms with Crippen molar-refractivity contribution in [3.8, 4) is 6.07 Å². The van der Waals surface area contributed by atoms with Crippen LogP contribution in [0.1, 0.15) is 21.5 Å². The lowest BCUT2D eigenvalue weighted by atomic mass is 10.1. The molecular weight excluding hydrogens is 295 g/mol. The average Bonchev–Trinajstić information content (AvgIpc) is 2.47. The monoisotopic (exact) mass is 304 g/mol. The fourth-order valence-corrected chi connectivity index (χ4v) is 2.12. The fraction of sp³-hybridized carbons (Fsp3) is 0.0667. The Labute approximate surface area is 126 Å². The first-order valence-electron chi connectivity index (χ1n) is 5.79. The Morgan fingerprint density at radius 3 is 2.40 bits per heavy atom. The number of carbonyl (C=O) groups is 1. The Hall–Kier alpha value is -2.02. The van der Waals surface area contributed by atoms with Gasteiger partial charge in [0, 0.05) is 5.56 Å². The zero-order valence-electron chi connectivity index (χ0n) is 10.6.